The molecule has 3 aromatic rings. The first kappa shape index (κ1) is 23.9. The van der Waals surface area contributed by atoms with Crippen LogP contribution in [0.25, 0.3) is 11.3 Å². The van der Waals surface area contributed by atoms with E-state index in [1.54, 1.807) is 25.4 Å². The molecule has 3 fully saturated rings. The summed E-state index contributed by atoms with van der Waals surface area (Å²) in [5.74, 6) is -2.06. The quantitative estimate of drug-likeness (QED) is 0.467. The van der Waals surface area contributed by atoms with Crippen LogP contribution in [0, 0.1) is 24.5 Å². The van der Waals surface area contributed by atoms with E-state index >= 15 is 0 Å². The number of aromatic nitrogens is 3. The lowest BCUT2D eigenvalue weighted by Crippen LogP contribution is -2.41. The molecule has 2 bridgehead atoms. The Labute approximate surface area is 206 Å². The van der Waals surface area contributed by atoms with Crippen LogP contribution >= 0.6 is 11.6 Å². The number of benzene rings is 1. The van der Waals surface area contributed by atoms with Gasteiger partial charge in [0.2, 0.25) is 10.0 Å². The van der Waals surface area contributed by atoms with Crippen molar-refractivity contribution in [2.45, 2.75) is 49.6 Å². The van der Waals surface area contributed by atoms with Crippen LogP contribution in [-0.4, -0.2) is 45.5 Å². The second-order valence-corrected chi connectivity index (χ2v) is 11.1. The van der Waals surface area contributed by atoms with Crippen molar-refractivity contribution in [1.29, 1.82) is 0 Å². The number of rotatable bonds is 7. The molecule has 2 aliphatic heterocycles. The average Bonchev–Trinajstić information content (AvgIpc) is 3.38. The second kappa shape index (κ2) is 9.00. The number of halogens is 3. The first-order chi connectivity index (χ1) is 16.6. The summed E-state index contributed by atoms with van der Waals surface area (Å²) in [4.78, 5) is 25.5. The largest absolute Gasteiger partial charge is 0.298 e. The number of carbonyl (C=O) groups is 1. The summed E-state index contributed by atoms with van der Waals surface area (Å²) in [5.41, 5.74) is 2.02. The number of hydrogen-bond donors (Lipinski definition) is 0. The van der Waals surface area contributed by atoms with Gasteiger partial charge >= 0.3 is 0 Å². The fraction of sp³-hybridized carbons (Fsp3) is 0.333. The molecule has 1 aromatic carbocycles. The summed E-state index contributed by atoms with van der Waals surface area (Å²) in [7, 11) is -4.16. The number of carbonyl (C=O) groups excluding carboxylic acids is 1. The summed E-state index contributed by atoms with van der Waals surface area (Å²) in [5, 5.41) is 0.400. The smallest absolute Gasteiger partial charge is 0.244 e. The third-order valence-corrected chi connectivity index (χ3v) is 8.95. The van der Waals surface area contributed by atoms with Crippen molar-refractivity contribution in [2.24, 2.45) is 5.92 Å². The van der Waals surface area contributed by atoms with Gasteiger partial charge in [-0.1, -0.05) is 11.6 Å². The Balaban J connectivity index is 1.35. The van der Waals surface area contributed by atoms with E-state index in [1.165, 1.54) is 10.5 Å². The molecular weight excluding hydrogens is 498 g/mol. The molecule has 2 aromatic heterocycles. The summed E-state index contributed by atoms with van der Waals surface area (Å²) in [6.07, 6.45) is 6.33. The molecule has 7 nitrogen and oxygen atoms in total. The van der Waals surface area contributed by atoms with E-state index in [4.69, 9.17) is 11.6 Å². The molecule has 3 aliphatic rings. The van der Waals surface area contributed by atoms with Gasteiger partial charge in [0.25, 0.3) is 0 Å². The molecule has 0 spiro atoms. The first-order valence-corrected chi connectivity index (χ1v) is 12.9. The van der Waals surface area contributed by atoms with Gasteiger partial charge in [0.15, 0.2) is 17.4 Å². The first-order valence-electron chi connectivity index (χ1n) is 11.1. The number of aryl methyl sites for hydroxylation is 2. The zero-order chi connectivity index (χ0) is 24.9. The molecule has 0 unspecified atom stereocenters. The highest BCUT2D eigenvalue weighted by molar-refractivity contribution is 7.89. The van der Waals surface area contributed by atoms with Crippen LogP contribution in [0.5, 0.6) is 0 Å². The molecule has 4 heterocycles. The normalized spacial score (nSPS) is 21.7. The minimum atomic E-state index is -4.16. The maximum absolute atomic E-state index is 13.7. The van der Waals surface area contributed by atoms with E-state index in [1.807, 2.05) is 0 Å². The van der Waals surface area contributed by atoms with Gasteiger partial charge in [0.1, 0.15) is 5.82 Å². The minimum absolute atomic E-state index is 0.0747. The van der Waals surface area contributed by atoms with Gasteiger partial charge in [-0.15, -0.1) is 0 Å². The molecule has 6 rings (SSSR count). The molecule has 0 amide bonds. The van der Waals surface area contributed by atoms with E-state index in [2.05, 4.69) is 15.0 Å². The highest BCUT2D eigenvalue weighted by atomic mass is 35.5. The van der Waals surface area contributed by atoms with E-state index in [-0.39, 0.29) is 29.1 Å². The van der Waals surface area contributed by atoms with E-state index in [0.29, 0.717) is 53.0 Å². The molecule has 0 N–H and O–H groups in total. The predicted octanol–water partition coefficient (Wildman–Crippen LogP) is 4.13. The molecule has 182 valence electrons. The standard InChI is InChI=1S/C24H21ClF2N4O3S/c1-13-28-10-16(11-29-13)22-8-14(19(25)12-30-22)2-5-23(32)24-15-6-17(7-15)31(24)35(33,34)18-3-4-20(26)21(27)9-18/h3-4,8-12,15,17,24H,2,5-7H2,1H3/t15?,17?,24-/m0/s1. The number of fused-ring (bicyclic) bond motifs is 1. The molecular formula is C24H21ClF2N4O3S. The number of hydrogen-bond acceptors (Lipinski definition) is 6. The average molecular weight is 519 g/mol. The third-order valence-electron chi connectivity index (χ3n) is 6.68. The van der Waals surface area contributed by atoms with Crippen molar-refractivity contribution in [1.82, 2.24) is 19.3 Å². The summed E-state index contributed by atoms with van der Waals surface area (Å²) >= 11 is 6.32. The van der Waals surface area contributed by atoms with Gasteiger partial charge in [-0.3, -0.25) is 9.78 Å². The zero-order valence-corrected chi connectivity index (χ0v) is 20.2. The van der Waals surface area contributed by atoms with Gasteiger partial charge in [-0.25, -0.2) is 27.2 Å². The van der Waals surface area contributed by atoms with E-state index in [9.17, 15) is 22.0 Å². The molecule has 11 heteroatoms. The van der Waals surface area contributed by atoms with E-state index < -0.39 is 27.7 Å². The molecule has 0 radical (unpaired) electrons. The fourth-order valence-electron chi connectivity index (χ4n) is 4.80. The number of Topliss-reactive ketones (excluding diaryl/α,β-unsaturated/α-hetero) is 1. The Morgan fingerprint density at radius 3 is 2.49 bits per heavy atom. The molecule has 2 saturated heterocycles. The van der Waals surface area contributed by atoms with Crippen LogP contribution in [0.3, 0.4) is 0 Å². The Hall–Kier alpha value is -2.82. The summed E-state index contributed by atoms with van der Waals surface area (Å²) in [6.45, 7) is 1.78. The molecule has 35 heavy (non-hydrogen) atoms. The van der Waals surface area contributed by atoms with Crippen LogP contribution in [0.2, 0.25) is 5.02 Å². The third kappa shape index (κ3) is 4.34. The minimum Gasteiger partial charge on any atom is -0.298 e. The Bertz CT molecular complexity index is 1410. The van der Waals surface area contributed by atoms with Gasteiger partial charge in [0, 0.05) is 36.6 Å². The van der Waals surface area contributed by atoms with Crippen LogP contribution in [0.4, 0.5) is 8.78 Å². The van der Waals surface area contributed by atoms with Gasteiger partial charge < -0.3 is 0 Å². The second-order valence-electron chi connectivity index (χ2n) is 8.89. The van der Waals surface area contributed by atoms with Crippen LogP contribution < -0.4 is 0 Å². The van der Waals surface area contributed by atoms with E-state index in [0.717, 1.165) is 12.1 Å². The Kier molecular flexibility index (Phi) is 6.14. The lowest BCUT2D eigenvalue weighted by Gasteiger charge is -2.25. The summed E-state index contributed by atoms with van der Waals surface area (Å²) < 4.78 is 54.8. The Morgan fingerprint density at radius 1 is 1.09 bits per heavy atom. The fourth-order valence-corrected chi connectivity index (χ4v) is 6.89. The SMILES string of the molecule is Cc1ncc(-c2cc(CCC(=O)[C@@H]3C4CC(C4)N3S(=O)(=O)c3ccc(F)c(F)c3)c(Cl)cn2)cn1. The topological polar surface area (TPSA) is 93.1 Å². The van der Waals surface area contributed by atoms with Gasteiger partial charge in [-0.05, 0) is 61.9 Å². The summed E-state index contributed by atoms with van der Waals surface area (Å²) in [6, 6.07) is 3.09. The highest BCUT2D eigenvalue weighted by Crippen LogP contribution is 2.49. The van der Waals surface area contributed by atoms with Crippen molar-refractivity contribution >= 4 is 27.4 Å². The van der Waals surface area contributed by atoms with Crippen LogP contribution in [-0.2, 0) is 21.2 Å². The monoisotopic (exact) mass is 518 g/mol. The lowest BCUT2D eigenvalue weighted by molar-refractivity contribution is -0.122. The number of sulfonamides is 1. The van der Waals surface area contributed by atoms with Crippen molar-refractivity contribution < 1.29 is 22.0 Å². The zero-order valence-electron chi connectivity index (χ0n) is 18.7. The van der Waals surface area contributed by atoms with Crippen LogP contribution in [0.15, 0.2) is 47.8 Å². The number of pyridine rings is 1. The lowest BCUT2D eigenvalue weighted by atomic mass is 9.81. The van der Waals surface area contributed by atoms with Crippen molar-refractivity contribution in [3.8, 4) is 11.3 Å². The van der Waals surface area contributed by atoms with Crippen molar-refractivity contribution in [2.75, 3.05) is 0 Å². The van der Waals surface area contributed by atoms with Crippen LogP contribution in [0.1, 0.15) is 30.7 Å². The molecule has 1 saturated carbocycles. The number of nitrogens with zero attached hydrogens (tertiary/aromatic N) is 4. The maximum atomic E-state index is 13.7. The van der Waals surface area contributed by atoms with Crippen molar-refractivity contribution in [3.05, 3.63) is 70.9 Å². The van der Waals surface area contributed by atoms with Gasteiger partial charge in [0.05, 0.1) is 21.7 Å². The Morgan fingerprint density at radius 2 is 1.80 bits per heavy atom. The highest BCUT2D eigenvalue weighted by Gasteiger charge is 2.58. The maximum Gasteiger partial charge on any atom is 0.244 e. The predicted molar refractivity (Wildman–Crippen MR) is 124 cm³/mol. The van der Waals surface area contributed by atoms with Gasteiger partial charge in [-0.2, -0.15) is 4.31 Å². The number of ketones is 1. The van der Waals surface area contributed by atoms with Crippen molar-refractivity contribution in [3.63, 3.8) is 0 Å². The molecule has 1 atom stereocenters. The molecule has 1 aliphatic carbocycles.